The van der Waals surface area contributed by atoms with Crippen LogP contribution in [0.3, 0.4) is 0 Å². The number of carbonyl (C=O) groups excluding carboxylic acids is 1. The van der Waals surface area contributed by atoms with Gasteiger partial charge in [-0.1, -0.05) is 12.1 Å². The second-order valence-electron chi connectivity index (χ2n) is 5.63. The third-order valence-corrected chi connectivity index (χ3v) is 4.17. The number of hydrogen-bond donors (Lipinski definition) is 1. The van der Waals surface area contributed by atoms with Crippen molar-refractivity contribution in [3.63, 3.8) is 0 Å². The molecule has 5 nitrogen and oxygen atoms in total. The van der Waals surface area contributed by atoms with E-state index in [4.69, 9.17) is 9.47 Å². The summed E-state index contributed by atoms with van der Waals surface area (Å²) in [6, 6.07) is 11.8. The van der Waals surface area contributed by atoms with E-state index >= 15 is 0 Å². The second kappa shape index (κ2) is 6.84. The van der Waals surface area contributed by atoms with Crippen LogP contribution in [0, 0.1) is 5.82 Å². The van der Waals surface area contributed by atoms with Crippen LogP contribution in [0.1, 0.15) is 16.1 Å². The summed E-state index contributed by atoms with van der Waals surface area (Å²) in [4.78, 5) is 12.5. The Morgan fingerprint density at radius 2 is 1.88 bits per heavy atom. The van der Waals surface area contributed by atoms with Gasteiger partial charge in [0.15, 0.2) is 11.5 Å². The Kier molecular flexibility index (Phi) is 4.61. The minimum absolute atomic E-state index is 0.270. The molecule has 1 amide bonds. The highest BCUT2D eigenvalue weighted by atomic mass is 19.1. The van der Waals surface area contributed by atoms with E-state index < -0.39 is 0 Å². The highest BCUT2D eigenvalue weighted by Gasteiger charge is 2.15. The van der Waals surface area contributed by atoms with Crippen LogP contribution in [-0.4, -0.2) is 24.7 Å². The summed E-state index contributed by atoms with van der Waals surface area (Å²) in [6.07, 6.45) is 0. The Morgan fingerprint density at radius 1 is 1.12 bits per heavy atom. The van der Waals surface area contributed by atoms with E-state index in [9.17, 15) is 9.18 Å². The molecular formula is C19H19FN2O3. The van der Waals surface area contributed by atoms with Gasteiger partial charge in [-0.05, 0) is 35.9 Å². The van der Waals surface area contributed by atoms with Crippen molar-refractivity contribution < 1.29 is 18.7 Å². The number of nitrogens with one attached hydrogen (secondary N) is 1. The van der Waals surface area contributed by atoms with E-state index in [2.05, 4.69) is 5.32 Å². The fraction of sp³-hybridized carbons (Fsp3) is 0.211. The predicted octanol–water partition coefficient (Wildman–Crippen LogP) is 3.26. The molecule has 0 saturated carbocycles. The molecule has 0 bridgehead atoms. The number of methoxy groups -OCH3 is 2. The number of ether oxygens (including phenoxy) is 2. The van der Waals surface area contributed by atoms with Gasteiger partial charge >= 0.3 is 0 Å². The maximum absolute atomic E-state index is 13.9. The summed E-state index contributed by atoms with van der Waals surface area (Å²) in [7, 11) is 4.87. The average Bonchev–Trinajstić information content (AvgIpc) is 2.98. The van der Waals surface area contributed by atoms with E-state index in [-0.39, 0.29) is 11.7 Å². The molecule has 0 radical (unpaired) electrons. The second-order valence-corrected chi connectivity index (χ2v) is 5.63. The number of fused-ring (bicyclic) bond motifs is 1. The molecule has 6 heteroatoms. The van der Waals surface area contributed by atoms with Gasteiger partial charge in [-0.15, -0.1) is 0 Å². The largest absolute Gasteiger partial charge is 0.493 e. The van der Waals surface area contributed by atoms with Crippen molar-refractivity contribution in [3.05, 3.63) is 59.5 Å². The predicted molar refractivity (Wildman–Crippen MR) is 93.6 cm³/mol. The lowest BCUT2D eigenvalue weighted by Gasteiger charge is -2.10. The molecule has 1 aromatic heterocycles. The monoisotopic (exact) mass is 342 g/mol. The Morgan fingerprint density at radius 3 is 2.56 bits per heavy atom. The molecule has 0 aliphatic rings. The third kappa shape index (κ3) is 3.15. The molecular weight excluding hydrogens is 323 g/mol. The van der Waals surface area contributed by atoms with E-state index in [0.29, 0.717) is 34.6 Å². The van der Waals surface area contributed by atoms with Crippen molar-refractivity contribution in [2.45, 2.75) is 6.54 Å². The molecule has 0 aliphatic heterocycles. The van der Waals surface area contributed by atoms with Gasteiger partial charge < -0.3 is 19.4 Å². The van der Waals surface area contributed by atoms with Gasteiger partial charge in [0.25, 0.3) is 5.91 Å². The Balaban J connectivity index is 1.79. The van der Waals surface area contributed by atoms with Crippen molar-refractivity contribution in [1.29, 1.82) is 0 Å². The lowest BCUT2D eigenvalue weighted by Crippen LogP contribution is -2.24. The maximum atomic E-state index is 13.9. The first-order valence-corrected chi connectivity index (χ1v) is 7.78. The first-order valence-electron chi connectivity index (χ1n) is 7.78. The van der Waals surface area contributed by atoms with E-state index in [1.165, 1.54) is 6.07 Å². The SMILES string of the molecule is COc1ccc(CNC(=O)c2cc3c(F)cccc3n2C)cc1OC. The minimum atomic E-state index is -0.341. The zero-order chi connectivity index (χ0) is 18.0. The Labute approximate surface area is 145 Å². The molecule has 0 fully saturated rings. The van der Waals surface area contributed by atoms with Gasteiger partial charge in [0.05, 0.1) is 19.7 Å². The number of halogens is 1. The van der Waals surface area contributed by atoms with Crippen LogP contribution in [0.25, 0.3) is 10.9 Å². The topological polar surface area (TPSA) is 52.5 Å². The molecule has 2 aromatic carbocycles. The molecule has 3 rings (SSSR count). The van der Waals surface area contributed by atoms with Crippen LogP contribution >= 0.6 is 0 Å². The molecule has 1 heterocycles. The van der Waals surface area contributed by atoms with Crippen LogP contribution in [0.15, 0.2) is 42.5 Å². The van der Waals surface area contributed by atoms with Gasteiger partial charge in [-0.2, -0.15) is 0 Å². The Bertz CT molecular complexity index is 934. The number of carbonyl (C=O) groups is 1. The average molecular weight is 342 g/mol. The van der Waals surface area contributed by atoms with E-state index in [0.717, 1.165) is 5.56 Å². The zero-order valence-electron chi connectivity index (χ0n) is 14.3. The highest BCUT2D eigenvalue weighted by Crippen LogP contribution is 2.27. The third-order valence-electron chi connectivity index (χ3n) is 4.17. The van der Waals surface area contributed by atoms with Crippen molar-refractivity contribution >= 4 is 16.8 Å². The Hall–Kier alpha value is -3.02. The number of hydrogen-bond acceptors (Lipinski definition) is 3. The van der Waals surface area contributed by atoms with Gasteiger partial charge in [0.2, 0.25) is 0 Å². The van der Waals surface area contributed by atoms with Crippen LogP contribution in [-0.2, 0) is 13.6 Å². The quantitative estimate of drug-likeness (QED) is 0.774. The van der Waals surface area contributed by atoms with E-state index in [1.807, 2.05) is 6.07 Å². The summed E-state index contributed by atoms with van der Waals surface area (Å²) in [5.41, 5.74) is 1.95. The summed E-state index contributed by atoms with van der Waals surface area (Å²) in [5, 5.41) is 3.28. The molecule has 0 saturated heterocycles. The first kappa shape index (κ1) is 16.8. The molecule has 130 valence electrons. The number of amides is 1. The summed E-state index contributed by atoms with van der Waals surface area (Å²) < 4.78 is 26.0. The zero-order valence-corrected chi connectivity index (χ0v) is 14.3. The van der Waals surface area contributed by atoms with Gasteiger partial charge in [-0.3, -0.25) is 4.79 Å². The molecule has 3 aromatic rings. The molecule has 0 atom stereocenters. The number of nitrogens with zero attached hydrogens (tertiary/aromatic N) is 1. The smallest absolute Gasteiger partial charge is 0.268 e. The van der Waals surface area contributed by atoms with E-state index in [1.54, 1.807) is 56.2 Å². The van der Waals surface area contributed by atoms with Crippen LogP contribution in [0.2, 0.25) is 0 Å². The van der Waals surface area contributed by atoms with Crippen molar-refractivity contribution in [1.82, 2.24) is 9.88 Å². The van der Waals surface area contributed by atoms with Crippen LogP contribution < -0.4 is 14.8 Å². The number of rotatable bonds is 5. The molecule has 25 heavy (non-hydrogen) atoms. The van der Waals surface area contributed by atoms with Crippen LogP contribution in [0.5, 0.6) is 11.5 Å². The van der Waals surface area contributed by atoms with Crippen LogP contribution in [0.4, 0.5) is 4.39 Å². The normalized spacial score (nSPS) is 10.7. The number of aromatic nitrogens is 1. The summed E-state index contributed by atoms with van der Waals surface area (Å²) in [5.74, 6) is 0.614. The minimum Gasteiger partial charge on any atom is -0.493 e. The van der Waals surface area contributed by atoms with Gasteiger partial charge in [0, 0.05) is 19.0 Å². The number of aryl methyl sites for hydroxylation is 1. The fourth-order valence-corrected chi connectivity index (χ4v) is 2.81. The first-order chi connectivity index (χ1) is 12.0. The highest BCUT2D eigenvalue weighted by molar-refractivity contribution is 5.98. The number of benzene rings is 2. The van der Waals surface area contributed by atoms with Crippen molar-refractivity contribution in [2.24, 2.45) is 7.05 Å². The fourth-order valence-electron chi connectivity index (χ4n) is 2.81. The molecule has 0 unspecified atom stereocenters. The standard InChI is InChI=1S/C19H19FN2O3/c1-22-15-6-4-5-14(20)13(15)10-16(22)19(23)21-11-12-7-8-17(24-2)18(9-12)25-3/h4-10H,11H2,1-3H3,(H,21,23). The van der Waals surface area contributed by atoms with Crippen molar-refractivity contribution in [3.8, 4) is 11.5 Å². The van der Waals surface area contributed by atoms with Crippen molar-refractivity contribution in [2.75, 3.05) is 14.2 Å². The molecule has 1 N–H and O–H groups in total. The lowest BCUT2D eigenvalue weighted by molar-refractivity contribution is 0.0943. The molecule has 0 spiro atoms. The van der Waals surface area contributed by atoms with Gasteiger partial charge in [-0.25, -0.2) is 4.39 Å². The summed E-state index contributed by atoms with van der Waals surface area (Å²) in [6.45, 7) is 0.323. The lowest BCUT2D eigenvalue weighted by atomic mass is 10.2. The van der Waals surface area contributed by atoms with Gasteiger partial charge in [0.1, 0.15) is 11.5 Å². The maximum Gasteiger partial charge on any atom is 0.268 e. The molecule has 0 aliphatic carbocycles. The summed E-state index contributed by atoms with van der Waals surface area (Å²) >= 11 is 0.